The lowest BCUT2D eigenvalue weighted by Crippen LogP contribution is -2.43. The fraction of sp³-hybridized carbons (Fsp3) is 0.900. The van der Waals surface area contributed by atoms with Crippen molar-refractivity contribution in [2.45, 2.75) is 44.8 Å². The van der Waals surface area contributed by atoms with Crippen molar-refractivity contribution in [2.75, 3.05) is 13.2 Å². The summed E-state index contributed by atoms with van der Waals surface area (Å²) in [6, 6.07) is 0.110. The molecule has 0 aromatic heterocycles. The van der Waals surface area contributed by atoms with Crippen molar-refractivity contribution < 1.29 is 15.0 Å². The summed E-state index contributed by atoms with van der Waals surface area (Å²) in [4.78, 5) is 11.2. The normalized spacial score (nSPS) is 16.9. The van der Waals surface area contributed by atoms with Crippen LogP contribution in [0.5, 0.6) is 0 Å². The highest BCUT2D eigenvalue weighted by atomic mass is 16.3. The molecule has 15 heavy (non-hydrogen) atoms. The van der Waals surface area contributed by atoms with Gasteiger partial charge in [0.05, 0.1) is 6.61 Å². The summed E-state index contributed by atoms with van der Waals surface area (Å²) in [6.07, 6.45) is 1.96. The fourth-order valence-electron chi connectivity index (χ4n) is 1.02. The topological polar surface area (TPSA) is 95.6 Å². The van der Waals surface area contributed by atoms with Gasteiger partial charge in [-0.3, -0.25) is 4.79 Å². The summed E-state index contributed by atoms with van der Waals surface area (Å²) >= 11 is 0. The molecule has 0 fully saturated rings. The summed E-state index contributed by atoms with van der Waals surface area (Å²) in [5.41, 5.74) is 4.30. The number of hydrogen-bond acceptors (Lipinski definition) is 4. The van der Waals surface area contributed by atoms with E-state index in [0.717, 1.165) is 12.8 Å². The second-order valence-corrected chi connectivity index (χ2v) is 4.30. The van der Waals surface area contributed by atoms with Crippen molar-refractivity contribution in [3.8, 4) is 0 Å². The van der Waals surface area contributed by atoms with E-state index in [9.17, 15) is 9.90 Å². The maximum Gasteiger partial charge on any atom is 0.220 e. The van der Waals surface area contributed by atoms with Gasteiger partial charge >= 0.3 is 0 Å². The zero-order valence-electron chi connectivity index (χ0n) is 9.49. The van der Waals surface area contributed by atoms with Crippen LogP contribution in [0.1, 0.15) is 33.1 Å². The summed E-state index contributed by atoms with van der Waals surface area (Å²) in [5.74, 6) is -0.121. The van der Waals surface area contributed by atoms with Gasteiger partial charge in [0.1, 0.15) is 5.60 Å². The molecule has 0 radical (unpaired) electrons. The lowest BCUT2D eigenvalue weighted by atomic mass is 10.1. The number of rotatable bonds is 7. The predicted octanol–water partition coefficient (Wildman–Crippen LogP) is -0.637. The minimum Gasteiger partial charge on any atom is -0.393 e. The van der Waals surface area contributed by atoms with Crippen LogP contribution in [0, 0.1) is 0 Å². The third kappa shape index (κ3) is 8.35. The van der Waals surface area contributed by atoms with E-state index in [2.05, 4.69) is 5.32 Å². The van der Waals surface area contributed by atoms with Crippen molar-refractivity contribution >= 4 is 5.91 Å². The van der Waals surface area contributed by atoms with Crippen LogP contribution in [0.15, 0.2) is 0 Å². The van der Waals surface area contributed by atoms with Crippen molar-refractivity contribution in [1.82, 2.24) is 5.32 Å². The Bertz CT molecular complexity index is 193. The highest BCUT2D eigenvalue weighted by molar-refractivity contribution is 5.75. The smallest absolute Gasteiger partial charge is 0.220 e. The first-order valence-electron chi connectivity index (χ1n) is 5.23. The van der Waals surface area contributed by atoms with Gasteiger partial charge in [-0.1, -0.05) is 0 Å². The number of aliphatic hydroxyl groups is 2. The summed E-state index contributed by atoms with van der Waals surface area (Å²) in [5, 5.41) is 20.7. The van der Waals surface area contributed by atoms with Crippen LogP contribution in [-0.4, -0.2) is 40.9 Å². The van der Waals surface area contributed by atoms with E-state index in [1.54, 1.807) is 0 Å². The van der Waals surface area contributed by atoms with E-state index >= 15 is 0 Å². The van der Waals surface area contributed by atoms with Crippen LogP contribution >= 0.6 is 0 Å². The van der Waals surface area contributed by atoms with Gasteiger partial charge in [-0.15, -0.1) is 0 Å². The molecule has 0 aliphatic rings. The van der Waals surface area contributed by atoms with Crippen molar-refractivity contribution in [3.05, 3.63) is 0 Å². The maximum atomic E-state index is 11.2. The van der Waals surface area contributed by atoms with E-state index in [4.69, 9.17) is 10.8 Å². The Kier molecular flexibility index (Phi) is 6.47. The highest BCUT2D eigenvalue weighted by Crippen LogP contribution is 2.01. The number of nitrogens with one attached hydrogen (secondary N) is 1. The zero-order valence-corrected chi connectivity index (χ0v) is 9.49. The van der Waals surface area contributed by atoms with Gasteiger partial charge in [0.2, 0.25) is 5.91 Å². The molecule has 1 amide bonds. The molecule has 0 aliphatic carbocycles. The van der Waals surface area contributed by atoms with Crippen LogP contribution in [0.3, 0.4) is 0 Å². The zero-order chi connectivity index (χ0) is 11.9. The van der Waals surface area contributed by atoms with Gasteiger partial charge in [0.25, 0.3) is 0 Å². The molecule has 0 aromatic carbocycles. The Morgan fingerprint density at radius 3 is 2.67 bits per heavy atom. The second kappa shape index (κ2) is 6.76. The Labute approximate surface area is 90.7 Å². The first-order chi connectivity index (χ1) is 6.87. The number of amides is 1. The number of carbonyl (C=O) groups is 1. The van der Waals surface area contributed by atoms with Gasteiger partial charge in [-0.25, -0.2) is 0 Å². The second-order valence-electron chi connectivity index (χ2n) is 4.30. The molecular weight excluding hydrogens is 196 g/mol. The molecule has 0 saturated heterocycles. The molecule has 0 spiro atoms. The first kappa shape index (κ1) is 14.3. The monoisotopic (exact) mass is 218 g/mol. The molecule has 5 nitrogen and oxygen atoms in total. The van der Waals surface area contributed by atoms with Crippen LogP contribution in [0.2, 0.25) is 0 Å². The molecule has 5 N–H and O–H groups in total. The minimum atomic E-state index is -1.24. The van der Waals surface area contributed by atoms with Gasteiger partial charge in [-0.2, -0.15) is 0 Å². The third-order valence-corrected chi connectivity index (χ3v) is 2.07. The molecule has 0 aliphatic heterocycles. The standard InChI is InChI=1S/C10H22N2O3/c1-8(11)4-3-5-9(14)12-6-10(2,15)7-13/h8,13,15H,3-7,11H2,1-2H3,(H,12,14). The molecule has 2 unspecified atom stereocenters. The van der Waals surface area contributed by atoms with Crippen LogP contribution in [0.4, 0.5) is 0 Å². The van der Waals surface area contributed by atoms with Crippen LogP contribution in [-0.2, 0) is 4.79 Å². The average Bonchev–Trinajstić information content (AvgIpc) is 2.14. The Balaban J connectivity index is 3.58. The van der Waals surface area contributed by atoms with E-state index in [1.165, 1.54) is 6.92 Å². The van der Waals surface area contributed by atoms with Crippen LogP contribution < -0.4 is 11.1 Å². The van der Waals surface area contributed by atoms with Crippen molar-refractivity contribution in [2.24, 2.45) is 5.73 Å². The molecule has 0 aromatic rings. The number of hydrogen-bond donors (Lipinski definition) is 4. The predicted molar refractivity (Wildman–Crippen MR) is 58.2 cm³/mol. The molecule has 2 atom stereocenters. The molecule has 0 heterocycles. The van der Waals surface area contributed by atoms with E-state index < -0.39 is 5.60 Å². The number of aliphatic hydroxyl groups excluding tert-OH is 1. The Morgan fingerprint density at radius 1 is 1.60 bits per heavy atom. The van der Waals surface area contributed by atoms with Gasteiger partial charge < -0.3 is 21.3 Å². The highest BCUT2D eigenvalue weighted by Gasteiger charge is 2.19. The Morgan fingerprint density at radius 2 is 2.20 bits per heavy atom. The fourth-order valence-corrected chi connectivity index (χ4v) is 1.02. The lowest BCUT2D eigenvalue weighted by molar-refractivity contribution is -0.122. The van der Waals surface area contributed by atoms with Gasteiger partial charge in [0, 0.05) is 19.0 Å². The average molecular weight is 218 g/mol. The third-order valence-electron chi connectivity index (χ3n) is 2.07. The number of nitrogens with two attached hydrogens (primary N) is 1. The molecule has 0 bridgehead atoms. The SMILES string of the molecule is CC(N)CCCC(=O)NCC(C)(O)CO. The molecule has 5 heteroatoms. The first-order valence-corrected chi connectivity index (χ1v) is 5.23. The van der Waals surface area contributed by atoms with Crippen LogP contribution in [0.25, 0.3) is 0 Å². The molecule has 0 rings (SSSR count). The molecular formula is C10H22N2O3. The lowest BCUT2D eigenvalue weighted by Gasteiger charge is -2.20. The summed E-state index contributed by atoms with van der Waals surface area (Å²) in [6.45, 7) is 3.07. The van der Waals surface area contributed by atoms with E-state index in [1.807, 2.05) is 6.92 Å². The van der Waals surface area contributed by atoms with E-state index in [0.29, 0.717) is 6.42 Å². The molecule has 90 valence electrons. The summed E-state index contributed by atoms with van der Waals surface area (Å²) in [7, 11) is 0. The number of carbonyl (C=O) groups excluding carboxylic acids is 1. The minimum absolute atomic E-state index is 0.0700. The van der Waals surface area contributed by atoms with Crippen molar-refractivity contribution in [3.63, 3.8) is 0 Å². The quantitative estimate of drug-likeness (QED) is 0.457. The Hall–Kier alpha value is -0.650. The maximum absolute atomic E-state index is 11.2. The van der Waals surface area contributed by atoms with Gasteiger partial charge in [-0.05, 0) is 26.7 Å². The molecule has 0 saturated carbocycles. The van der Waals surface area contributed by atoms with E-state index in [-0.39, 0.29) is 25.1 Å². The van der Waals surface area contributed by atoms with Crippen molar-refractivity contribution in [1.29, 1.82) is 0 Å². The largest absolute Gasteiger partial charge is 0.393 e. The van der Waals surface area contributed by atoms with Gasteiger partial charge in [0.15, 0.2) is 0 Å². The summed E-state index contributed by atoms with van der Waals surface area (Å²) < 4.78 is 0.